The van der Waals surface area contributed by atoms with Crippen LogP contribution in [0.2, 0.25) is 0 Å². The fraction of sp³-hybridized carbons (Fsp3) is 0.417. The summed E-state index contributed by atoms with van der Waals surface area (Å²) in [5, 5.41) is 10.6. The van der Waals surface area contributed by atoms with Crippen molar-refractivity contribution >= 4 is 17.6 Å². The van der Waals surface area contributed by atoms with Crippen molar-refractivity contribution < 1.29 is 0 Å². The van der Waals surface area contributed by atoms with E-state index in [1.54, 1.807) is 7.05 Å². The van der Waals surface area contributed by atoms with Crippen LogP contribution in [0.4, 0.5) is 17.6 Å². The highest BCUT2D eigenvalue weighted by atomic mass is 15.3. The maximum absolute atomic E-state index is 5.65. The summed E-state index contributed by atoms with van der Waals surface area (Å²) in [5.41, 5.74) is 7.89. The van der Waals surface area contributed by atoms with E-state index in [2.05, 4.69) is 32.6 Å². The van der Waals surface area contributed by atoms with Gasteiger partial charge in [0.1, 0.15) is 11.6 Å². The summed E-state index contributed by atoms with van der Waals surface area (Å²) in [6, 6.07) is 1.82. The lowest BCUT2D eigenvalue weighted by Crippen LogP contribution is -2.07. The van der Waals surface area contributed by atoms with Crippen LogP contribution < -0.4 is 16.4 Å². The second-order valence-corrected chi connectivity index (χ2v) is 4.23. The van der Waals surface area contributed by atoms with Gasteiger partial charge in [-0.1, -0.05) is 6.92 Å². The first-order valence-corrected chi connectivity index (χ1v) is 6.20. The minimum atomic E-state index is 0.247. The molecule has 0 amide bonds. The average molecular weight is 261 g/mol. The second-order valence-electron chi connectivity index (χ2n) is 4.23. The molecule has 2 aromatic heterocycles. The van der Waals surface area contributed by atoms with Gasteiger partial charge in [-0.3, -0.25) is 4.68 Å². The smallest absolute Gasteiger partial charge is 0.223 e. The van der Waals surface area contributed by atoms with E-state index in [0.29, 0.717) is 18.2 Å². The molecule has 4 N–H and O–H groups in total. The number of aryl methyl sites for hydroxylation is 2. The molecule has 7 nitrogen and oxygen atoms in total. The Balaban J connectivity index is 2.11. The Morgan fingerprint density at radius 1 is 1.32 bits per heavy atom. The number of hydrogen-bond donors (Lipinski definition) is 3. The van der Waals surface area contributed by atoms with Gasteiger partial charge in [-0.25, -0.2) is 0 Å². The van der Waals surface area contributed by atoms with Gasteiger partial charge in [-0.2, -0.15) is 15.1 Å². The highest BCUT2D eigenvalue weighted by Crippen LogP contribution is 2.14. The van der Waals surface area contributed by atoms with Crippen LogP contribution in [-0.2, 0) is 20.0 Å². The zero-order valence-corrected chi connectivity index (χ0v) is 11.4. The quantitative estimate of drug-likeness (QED) is 0.743. The van der Waals surface area contributed by atoms with Gasteiger partial charge < -0.3 is 16.4 Å². The van der Waals surface area contributed by atoms with Gasteiger partial charge in [0.05, 0.1) is 5.69 Å². The first-order valence-electron chi connectivity index (χ1n) is 6.20. The van der Waals surface area contributed by atoms with Crippen molar-refractivity contribution in [1.82, 2.24) is 19.7 Å². The summed E-state index contributed by atoms with van der Waals surface area (Å²) in [6.45, 7) is 2.75. The minimum Gasteiger partial charge on any atom is -0.373 e. The third-order valence-corrected chi connectivity index (χ3v) is 2.79. The monoisotopic (exact) mass is 261 g/mol. The van der Waals surface area contributed by atoms with Gasteiger partial charge in [0.2, 0.25) is 5.95 Å². The van der Waals surface area contributed by atoms with Crippen LogP contribution in [0.5, 0.6) is 0 Å². The van der Waals surface area contributed by atoms with Crippen molar-refractivity contribution in [2.24, 2.45) is 7.05 Å². The average Bonchev–Trinajstić information content (AvgIpc) is 2.76. The molecule has 19 heavy (non-hydrogen) atoms. The summed E-state index contributed by atoms with van der Waals surface area (Å²) >= 11 is 0. The van der Waals surface area contributed by atoms with Crippen LogP contribution in [-0.4, -0.2) is 26.8 Å². The van der Waals surface area contributed by atoms with Gasteiger partial charge in [-0.05, 0) is 6.42 Å². The van der Waals surface area contributed by atoms with Gasteiger partial charge in [0.25, 0.3) is 0 Å². The Hall–Kier alpha value is -2.31. The molecule has 0 atom stereocenters. The second kappa shape index (κ2) is 5.55. The number of nitrogen functional groups attached to an aromatic ring is 1. The van der Waals surface area contributed by atoms with Crippen LogP contribution >= 0.6 is 0 Å². The number of rotatable bonds is 5. The summed E-state index contributed by atoms with van der Waals surface area (Å²) in [6.07, 6.45) is 2.92. The van der Waals surface area contributed by atoms with E-state index in [9.17, 15) is 0 Å². The van der Waals surface area contributed by atoms with Crippen LogP contribution in [0.25, 0.3) is 0 Å². The highest BCUT2D eigenvalue weighted by molar-refractivity contribution is 5.50. The molecule has 0 radical (unpaired) electrons. The number of anilines is 3. The standard InChI is InChI=1S/C12H19N7/c1-4-9-8(7-19(3)18-9)6-15-11-5-10(14-2)16-12(13)17-11/h5,7H,4,6H2,1-3H3,(H4,13,14,15,16,17). The van der Waals surface area contributed by atoms with E-state index >= 15 is 0 Å². The molecule has 2 aromatic rings. The van der Waals surface area contributed by atoms with Crippen LogP contribution in [0.3, 0.4) is 0 Å². The zero-order chi connectivity index (χ0) is 13.8. The maximum Gasteiger partial charge on any atom is 0.223 e. The summed E-state index contributed by atoms with van der Waals surface area (Å²) < 4.78 is 1.82. The zero-order valence-electron chi connectivity index (χ0n) is 11.4. The first-order chi connectivity index (χ1) is 9.12. The predicted molar refractivity (Wildman–Crippen MR) is 75.9 cm³/mol. The third-order valence-electron chi connectivity index (χ3n) is 2.79. The molecule has 2 rings (SSSR count). The van der Waals surface area contributed by atoms with Gasteiger partial charge in [0.15, 0.2) is 0 Å². The van der Waals surface area contributed by atoms with E-state index in [-0.39, 0.29) is 5.95 Å². The molecule has 0 fully saturated rings. The van der Waals surface area contributed by atoms with Crippen molar-refractivity contribution in [2.45, 2.75) is 19.9 Å². The topological polar surface area (TPSA) is 93.7 Å². The number of nitrogens with one attached hydrogen (secondary N) is 2. The van der Waals surface area contributed by atoms with Crippen molar-refractivity contribution in [2.75, 3.05) is 23.4 Å². The molecular weight excluding hydrogens is 242 g/mol. The molecule has 0 unspecified atom stereocenters. The Morgan fingerprint density at radius 2 is 2.05 bits per heavy atom. The Morgan fingerprint density at radius 3 is 2.74 bits per heavy atom. The summed E-state index contributed by atoms with van der Waals surface area (Å²) in [7, 11) is 3.71. The lowest BCUT2D eigenvalue weighted by molar-refractivity contribution is 0.746. The number of nitrogens with two attached hydrogens (primary N) is 1. The predicted octanol–water partition coefficient (Wildman–Crippen LogP) is 1.01. The van der Waals surface area contributed by atoms with Gasteiger partial charge in [-0.15, -0.1) is 0 Å². The Labute approximate surface area is 112 Å². The lowest BCUT2D eigenvalue weighted by Gasteiger charge is -2.07. The molecule has 102 valence electrons. The van der Waals surface area contributed by atoms with E-state index in [4.69, 9.17) is 5.73 Å². The highest BCUT2D eigenvalue weighted by Gasteiger charge is 2.07. The van der Waals surface area contributed by atoms with Gasteiger partial charge >= 0.3 is 0 Å². The summed E-state index contributed by atoms with van der Waals surface area (Å²) in [4.78, 5) is 8.19. The fourth-order valence-corrected chi connectivity index (χ4v) is 1.90. The van der Waals surface area contributed by atoms with E-state index in [1.807, 2.05) is 24.0 Å². The lowest BCUT2D eigenvalue weighted by atomic mass is 10.2. The molecule has 0 aliphatic rings. The van der Waals surface area contributed by atoms with Crippen LogP contribution in [0.15, 0.2) is 12.3 Å². The third kappa shape index (κ3) is 3.12. The molecule has 7 heteroatoms. The van der Waals surface area contributed by atoms with Crippen LogP contribution in [0, 0.1) is 0 Å². The largest absolute Gasteiger partial charge is 0.373 e. The van der Waals surface area contributed by atoms with Crippen molar-refractivity contribution in [3.8, 4) is 0 Å². The van der Waals surface area contributed by atoms with Crippen molar-refractivity contribution in [3.63, 3.8) is 0 Å². The van der Waals surface area contributed by atoms with E-state index < -0.39 is 0 Å². The Bertz CT molecular complexity index is 561. The summed E-state index contributed by atoms with van der Waals surface area (Å²) in [5.74, 6) is 1.64. The SMILES string of the molecule is CCc1nn(C)cc1CNc1cc(NC)nc(N)n1. The number of nitrogens with zero attached hydrogens (tertiary/aromatic N) is 4. The number of hydrogen-bond acceptors (Lipinski definition) is 6. The Kier molecular flexibility index (Phi) is 3.84. The maximum atomic E-state index is 5.65. The molecule has 0 bridgehead atoms. The molecule has 0 aromatic carbocycles. The van der Waals surface area contributed by atoms with E-state index in [1.165, 1.54) is 0 Å². The fourth-order valence-electron chi connectivity index (χ4n) is 1.90. The molecule has 2 heterocycles. The molecular formula is C12H19N7. The molecule has 0 saturated carbocycles. The van der Waals surface area contributed by atoms with Crippen molar-refractivity contribution in [3.05, 3.63) is 23.5 Å². The minimum absolute atomic E-state index is 0.247. The molecule has 0 aliphatic carbocycles. The molecule has 0 spiro atoms. The number of aromatic nitrogens is 4. The van der Waals surface area contributed by atoms with Crippen LogP contribution in [0.1, 0.15) is 18.2 Å². The van der Waals surface area contributed by atoms with Gasteiger partial charge in [0, 0.05) is 38.5 Å². The first kappa shape index (κ1) is 13.1. The van der Waals surface area contributed by atoms with E-state index in [0.717, 1.165) is 17.7 Å². The normalized spacial score (nSPS) is 10.5. The van der Waals surface area contributed by atoms with Crippen molar-refractivity contribution in [1.29, 1.82) is 0 Å². The molecule has 0 aliphatic heterocycles. The molecule has 0 saturated heterocycles.